The first kappa shape index (κ1) is 16.8. The van der Waals surface area contributed by atoms with Crippen LogP contribution in [0.1, 0.15) is 35.9 Å². The van der Waals surface area contributed by atoms with E-state index in [1.807, 2.05) is 0 Å². The van der Waals surface area contributed by atoms with Crippen LogP contribution in [0, 0.1) is 11.3 Å². The van der Waals surface area contributed by atoms with Crippen LogP contribution in [0.4, 0.5) is 22.0 Å². The fourth-order valence-electron chi connectivity index (χ4n) is 1.57. The molecule has 1 aromatic rings. The number of carbonyl (C=O) groups excluding carboxylic acids is 1. The lowest BCUT2D eigenvalue weighted by molar-refractivity contribution is -0.142. The molecule has 9 heteroatoms. The van der Waals surface area contributed by atoms with Crippen LogP contribution >= 0.6 is 0 Å². The predicted octanol–water partition coefficient (Wildman–Crippen LogP) is 3.02. The zero-order valence-electron chi connectivity index (χ0n) is 10.7. The van der Waals surface area contributed by atoms with Crippen molar-refractivity contribution in [1.82, 2.24) is 4.98 Å². The van der Waals surface area contributed by atoms with Crippen LogP contribution in [-0.2, 0) is 22.1 Å². The second kappa shape index (κ2) is 6.47. The van der Waals surface area contributed by atoms with Crippen molar-refractivity contribution in [2.75, 3.05) is 6.61 Å². The van der Waals surface area contributed by atoms with Crippen molar-refractivity contribution in [3.05, 3.63) is 28.6 Å². The summed E-state index contributed by atoms with van der Waals surface area (Å²) in [4.78, 5) is 14.1. The molecule has 0 saturated carbocycles. The third kappa shape index (κ3) is 4.11. The molecule has 0 bridgehead atoms. The lowest BCUT2D eigenvalue weighted by atomic mass is 10.0. The van der Waals surface area contributed by atoms with Gasteiger partial charge in [-0.15, -0.1) is 0 Å². The lowest BCUT2D eigenvalue weighted by Crippen LogP contribution is -2.16. The molecule has 0 aliphatic heterocycles. The molecule has 21 heavy (non-hydrogen) atoms. The van der Waals surface area contributed by atoms with Gasteiger partial charge in [0.1, 0.15) is 11.8 Å². The molecule has 0 spiro atoms. The molecule has 0 fully saturated rings. The van der Waals surface area contributed by atoms with E-state index in [-0.39, 0.29) is 6.61 Å². The number of carbonyl (C=O) groups is 1. The van der Waals surface area contributed by atoms with E-state index in [4.69, 9.17) is 5.26 Å². The van der Waals surface area contributed by atoms with E-state index in [0.29, 0.717) is 6.07 Å². The Morgan fingerprint density at radius 1 is 1.48 bits per heavy atom. The number of hydrogen-bond acceptors (Lipinski definition) is 4. The van der Waals surface area contributed by atoms with Crippen molar-refractivity contribution < 1.29 is 31.5 Å². The smallest absolute Gasteiger partial charge is 0.434 e. The van der Waals surface area contributed by atoms with E-state index < -0.39 is 47.5 Å². The number of nitriles is 1. The molecule has 0 aliphatic carbocycles. The minimum absolute atomic E-state index is 0.0119. The van der Waals surface area contributed by atoms with Gasteiger partial charge in [-0.25, -0.2) is 13.8 Å². The monoisotopic (exact) mass is 308 g/mol. The van der Waals surface area contributed by atoms with Gasteiger partial charge in [-0.3, -0.25) is 4.79 Å². The number of aromatic nitrogens is 1. The summed E-state index contributed by atoms with van der Waals surface area (Å²) in [6.07, 6.45) is -9.05. The van der Waals surface area contributed by atoms with Crippen molar-refractivity contribution in [3.8, 4) is 6.07 Å². The van der Waals surface area contributed by atoms with Gasteiger partial charge >= 0.3 is 12.1 Å². The maximum Gasteiger partial charge on any atom is 0.434 e. The molecule has 0 saturated heterocycles. The molecule has 1 rings (SSSR count). The van der Waals surface area contributed by atoms with Crippen LogP contribution < -0.4 is 0 Å². The molecule has 1 aromatic heterocycles. The summed E-state index contributed by atoms with van der Waals surface area (Å²) in [7, 11) is 0. The molecule has 0 N–H and O–H groups in total. The maximum absolute atomic E-state index is 12.8. The van der Waals surface area contributed by atoms with E-state index in [0.717, 1.165) is 0 Å². The fraction of sp³-hybridized carbons (Fsp3) is 0.417. The summed E-state index contributed by atoms with van der Waals surface area (Å²) in [5.74, 6) is -0.898. The number of ether oxygens (including phenoxy) is 1. The molecule has 114 valence electrons. The molecule has 0 radical (unpaired) electrons. The second-order valence-corrected chi connectivity index (χ2v) is 3.82. The van der Waals surface area contributed by atoms with Crippen molar-refractivity contribution in [3.63, 3.8) is 0 Å². The van der Waals surface area contributed by atoms with Crippen molar-refractivity contribution >= 4 is 5.97 Å². The topological polar surface area (TPSA) is 63.0 Å². The van der Waals surface area contributed by atoms with Gasteiger partial charge < -0.3 is 4.74 Å². The Bertz CT molecular complexity index is 578. The standard InChI is InChI=1S/C12H9F5N2O2/c1-2-21-8(20)4-6-3-7(5-18)10(12(15,16)17)19-9(6)11(13)14/h3,11H,2,4H2,1H3. The molecule has 0 aromatic carbocycles. The number of hydrogen-bond donors (Lipinski definition) is 0. The molecule has 0 amide bonds. The van der Waals surface area contributed by atoms with Crippen molar-refractivity contribution in [1.29, 1.82) is 5.26 Å². The first-order valence-corrected chi connectivity index (χ1v) is 5.65. The largest absolute Gasteiger partial charge is 0.466 e. The van der Waals surface area contributed by atoms with Crippen LogP contribution in [0.15, 0.2) is 6.07 Å². The van der Waals surface area contributed by atoms with E-state index >= 15 is 0 Å². The lowest BCUT2D eigenvalue weighted by Gasteiger charge is -2.13. The third-order valence-corrected chi connectivity index (χ3v) is 2.37. The highest BCUT2D eigenvalue weighted by molar-refractivity contribution is 5.73. The number of alkyl halides is 5. The van der Waals surface area contributed by atoms with Crippen molar-refractivity contribution in [2.45, 2.75) is 25.9 Å². The van der Waals surface area contributed by atoms with Gasteiger partial charge in [0.05, 0.1) is 18.6 Å². The van der Waals surface area contributed by atoms with Gasteiger partial charge in [-0.2, -0.15) is 18.4 Å². The van der Waals surface area contributed by atoms with Crippen LogP contribution in [0.2, 0.25) is 0 Å². The van der Waals surface area contributed by atoms with Crippen LogP contribution in [0.25, 0.3) is 0 Å². The number of halogens is 5. The maximum atomic E-state index is 12.8. The first-order valence-electron chi connectivity index (χ1n) is 5.65. The second-order valence-electron chi connectivity index (χ2n) is 3.82. The molecular formula is C12H9F5N2O2. The minimum Gasteiger partial charge on any atom is -0.466 e. The minimum atomic E-state index is -5.04. The van der Waals surface area contributed by atoms with Crippen LogP contribution in [-0.4, -0.2) is 17.6 Å². The quantitative estimate of drug-likeness (QED) is 0.633. The zero-order valence-corrected chi connectivity index (χ0v) is 10.7. The molecule has 0 atom stereocenters. The Morgan fingerprint density at radius 2 is 2.10 bits per heavy atom. The molecule has 4 nitrogen and oxygen atoms in total. The zero-order chi connectivity index (χ0) is 16.2. The highest BCUT2D eigenvalue weighted by Gasteiger charge is 2.37. The van der Waals surface area contributed by atoms with E-state index in [9.17, 15) is 26.7 Å². The van der Waals surface area contributed by atoms with Gasteiger partial charge in [-0.1, -0.05) is 0 Å². The summed E-state index contributed by atoms with van der Waals surface area (Å²) in [6, 6.07) is 1.83. The predicted molar refractivity (Wildman–Crippen MR) is 59.2 cm³/mol. The van der Waals surface area contributed by atoms with E-state index in [1.54, 1.807) is 0 Å². The summed E-state index contributed by atoms with van der Waals surface area (Å²) >= 11 is 0. The number of nitrogens with zero attached hydrogens (tertiary/aromatic N) is 2. The summed E-state index contributed by atoms with van der Waals surface area (Å²) < 4.78 is 68.1. The fourth-order valence-corrected chi connectivity index (χ4v) is 1.57. The van der Waals surface area contributed by atoms with Crippen LogP contribution in [0.3, 0.4) is 0 Å². The van der Waals surface area contributed by atoms with Gasteiger partial charge in [-0.05, 0) is 18.6 Å². The first-order chi connectivity index (χ1) is 9.70. The number of esters is 1. The van der Waals surface area contributed by atoms with Gasteiger partial charge in [0.15, 0.2) is 5.69 Å². The van der Waals surface area contributed by atoms with Crippen LogP contribution in [0.5, 0.6) is 0 Å². The Kier molecular flexibility index (Phi) is 5.18. The Morgan fingerprint density at radius 3 is 2.52 bits per heavy atom. The molecule has 0 aliphatic rings. The molecule has 0 unspecified atom stereocenters. The van der Waals surface area contributed by atoms with Crippen molar-refractivity contribution in [2.24, 2.45) is 0 Å². The Labute approximate surface area is 116 Å². The highest BCUT2D eigenvalue weighted by Crippen LogP contribution is 2.33. The summed E-state index contributed by atoms with van der Waals surface area (Å²) in [6.45, 7) is 1.47. The van der Waals surface area contributed by atoms with Gasteiger partial charge in [0.2, 0.25) is 0 Å². The average molecular weight is 308 g/mol. The number of rotatable bonds is 4. The SMILES string of the molecule is CCOC(=O)Cc1cc(C#N)c(C(F)(F)F)nc1C(F)F. The number of pyridine rings is 1. The Balaban J connectivity index is 3.38. The molecular weight excluding hydrogens is 299 g/mol. The highest BCUT2D eigenvalue weighted by atomic mass is 19.4. The Hall–Kier alpha value is -2.24. The van der Waals surface area contributed by atoms with Gasteiger partial charge in [0.25, 0.3) is 6.43 Å². The normalized spacial score (nSPS) is 11.3. The van der Waals surface area contributed by atoms with Gasteiger partial charge in [0, 0.05) is 0 Å². The van der Waals surface area contributed by atoms with E-state index in [2.05, 4.69) is 9.72 Å². The third-order valence-electron chi connectivity index (χ3n) is 2.37. The van der Waals surface area contributed by atoms with E-state index in [1.165, 1.54) is 13.0 Å². The average Bonchev–Trinajstić information content (AvgIpc) is 2.36. The molecule has 1 heterocycles. The summed E-state index contributed by atoms with van der Waals surface area (Å²) in [5, 5.41) is 8.68. The summed E-state index contributed by atoms with van der Waals surface area (Å²) in [5.41, 5.74) is -4.28.